The van der Waals surface area contributed by atoms with Crippen molar-refractivity contribution in [2.75, 3.05) is 7.05 Å². The first-order chi connectivity index (χ1) is 13.1. The standard InChI is InChI=1S/C19H21N5O3/c1-3-8-24-17-7-5-13(10-14(17)18(20-24)19(25)26)23(2)11-12-4-6-15-16(9-12)22-27-21-15/h3-4,6,9,13H,1,5,7-8,10-11H2,2H3,(H,25,26). The van der Waals surface area contributed by atoms with Gasteiger partial charge < -0.3 is 5.11 Å². The molecule has 0 bridgehead atoms. The van der Waals surface area contributed by atoms with Crippen LogP contribution in [0.25, 0.3) is 11.0 Å². The molecule has 8 heteroatoms. The highest BCUT2D eigenvalue weighted by molar-refractivity contribution is 5.87. The number of aromatic carboxylic acids is 1. The van der Waals surface area contributed by atoms with E-state index >= 15 is 0 Å². The fraction of sp³-hybridized carbons (Fsp3) is 0.368. The van der Waals surface area contributed by atoms with Crippen LogP contribution in [0, 0.1) is 0 Å². The van der Waals surface area contributed by atoms with Gasteiger partial charge in [-0.25, -0.2) is 9.42 Å². The van der Waals surface area contributed by atoms with Crippen molar-refractivity contribution in [1.29, 1.82) is 0 Å². The first kappa shape index (κ1) is 17.4. The van der Waals surface area contributed by atoms with Crippen molar-refractivity contribution in [3.05, 3.63) is 53.4 Å². The van der Waals surface area contributed by atoms with E-state index in [-0.39, 0.29) is 11.7 Å². The van der Waals surface area contributed by atoms with Gasteiger partial charge in [0, 0.05) is 23.8 Å². The Balaban J connectivity index is 1.54. The number of hydrogen-bond donors (Lipinski definition) is 1. The SMILES string of the molecule is C=CCn1nc(C(=O)O)c2c1CCC(N(C)Cc1ccc3nonc3c1)C2. The summed E-state index contributed by atoms with van der Waals surface area (Å²) in [5, 5.41) is 21.5. The maximum absolute atomic E-state index is 11.6. The molecule has 0 fully saturated rings. The van der Waals surface area contributed by atoms with E-state index in [0.717, 1.165) is 47.2 Å². The van der Waals surface area contributed by atoms with Crippen molar-refractivity contribution in [2.24, 2.45) is 0 Å². The third kappa shape index (κ3) is 3.23. The van der Waals surface area contributed by atoms with Gasteiger partial charge in [-0.05, 0) is 54.3 Å². The molecule has 2 aromatic heterocycles. The normalized spacial score (nSPS) is 16.6. The third-order valence-electron chi connectivity index (χ3n) is 5.20. The average Bonchev–Trinajstić information content (AvgIpc) is 3.26. The fourth-order valence-electron chi connectivity index (χ4n) is 3.83. The number of carbonyl (C=O) groups is 1. The fourth-order valence-corrected chi connectivity index (χ4v) is 3.83. The lowest BCUT2D eigenvalue weighted by Crippen LogP contribution is -2.36. The monoisotopic (exact) mass is 367 g/mol. The number of aromatic nitrogens is 4. The molecule has 2 heterocycles. The van der Waals surface area contributed by atoms with Crippen LogP contribution in [0.2, 0.25) is 0 Å². The highest BCUT2D eigenvalue weighted by atomic mass is 16.6. The van der Waals surface area contributed by atoms with Gasteiger partial charge in [-0.1, -0.05) is 12.1 Å². The Morgan fingerprint density at radius 1 is 1.44 bits per heavy atom. The van der Waals surface area contributed by atoms with E-state index in [0.29, 0.717) is 13.0 Å². The summed E-state index contributed by atoms with van der Waals surface area (Å²) in [6.07, 6.45) is 4.19. The highest BCUT2D eigenvalue weighted by Gasteiger charge is 2.30. The molecular weight excluding hydrogens is 346 g/mol. The molecule has 27 heavy (non-hydrogen) atoms. The molecule has 0 saturated heterocycles. The van der Waals surface area contributed by atoms with Gasteiger partial charge in [0.1, 0.15) is 11.0 Å². The summed E-state index contributed by atoms with van der Waals surface area (Å²) in [4.78, 5) is 13.9. The number of allylic oxidation sites excluding steroid dienone is 1. The van der Waals surface area contributed by atoms with Crippen LogP contribution in [0.1, 0.15) is 33.7 Å². The molecule has 1 aliphatic rings. The summed E-state index contributed by atoms with van der Waals surface area (Å²) < 4.78 is 6.52. The molecular formula is C19H21N5O3. The van der Waals surface area contributed by atoms with Crippen LogP contribution in [0.4, 0.5) is 0 Å². The van der Waals surface area contributed by atoms with E-state index < -0.39 is 5.97 Å². The zero-order valence-corrected chi connectivity index (χ0v) is 15.1. The predicted octanol–water partition coefficient (Wildman–Crippen LogP) is 2.29. The van der Waals surface area contributed by atoms with Crippen LogP contribution in [-0.2, 0) is 25.9 Å². The Morgan fingerprint density at radius 3 is 3.04 bits per heavy atom. The minimum absolute atomic E-state index is 0.167. The van der Waals surface area contributed by atoms with Gasteiger partial charge in [0.2, 0.25) is 0 Å². The van der Waals surface area contributed by atoms with Crippen LogP contribution >= 0.6 is 0 Å². The van der Waals surface area contributed by atoms with E-state index in [1.165, 1.54) is 0 Å². The molecule has 0 radical (unpaired) electrons. The van der Waals surface area contributed by atoms with Crippen molar-refractivity contribution in [3.63, 3.8) is 0 Å². The maximum Gasteiger partial charge on any atom is 0.356 e. The van der Waals surface area contributed by atoms with Gasteiger partial charge in [0.05, 0.1) is 6.54 Å². The smallest absolute Gasteiger partial charge is 0.356 e. The summed E-state index contributed by atoms with van der Waals surface area (Å²) in [7, 11) is 2.06. The molecule has 0 saturated carbocycles. The third-order valence-corrected chi connectivity index (χ3v) is 5.20. The van der Waals surface area contributed by atoms with E-state index in [9.17, 15) is 9.90 Å². The lowest BCUT2D eigenvalue weighted by atomic mass is 9.90. The number of nitrogens with zero attached hydrogens (tertiary/aromatic N) is 5. The largest absolute Gasteiger partial charge is 0.476 e. The van der Waals surface area contributed by atoms with Gasteiger partial charge in [-0.2, -0.15) is 5.10 Å². The second-order valence-electron chi connectivity index (χ2n) is 6.95. The Bertz CT molecular complexity index is 1010. The van der Waals surface area contributed by atoms with Crippen LogP contribution in [0.15, 0.2) is 35.5 Å². The molecule has 1 aromatic carbocycles. The van der Waals surface area contributed by atoms with Gasteiger partial charge in [-0.3, -0.25) is 9.58 Å². The Kier molecular flexibility index (Phi) is 4.49. The van der Waals surface area contributed by atoms with E-state index in [2.05, 4.69) is 33.9 Å². The molecule has 1 N–H and O–H groups in total. The minimum Gasteiger partial charge on any atom is -0.476 e. The lowest BCUT2D eigenvalue weighted by molar-refractivity contribution is 0.0687. The molecule has 0 amide bonds. The Labute approximate surface area is 156 Å². The Hall–Kier alpha value is -3.00. The molecule has 1 unspecified atom stereocenters. The number of likely N-dealkylation sites (N-methyl/N-ethyl adjacent to an activating group) is 1. The number of carboxylic acids is 1. The number of hydrogen-bond acceptors (Lipinski definition) is 6. The number of fused-ring (bicyclic) bond motifs is 2. The van der Waals surface area contributed by atoms with Crippen LogP contribution in [0.5, 0.6) is 0 Å². The molecule has 1 atom stereocenters. The molecule has 0 aliphatic heterocycles. The van der Waals surface area contributed by atoms with Crippen molar-refractivity contribution < 1.29 is 14.5 Å². The predicted molar refractivity (Wildman–Crippen MR) is 98.5 cm³/mol. The van der Waals surface area contributed by atoms with E-state index in [1.54, 1.807) is 10.8 Å². The van der Waals surface area contributed by atoms with Crippen LogP contribution < -0.4 is 0 Å². The van der Waals surface area contributed by atoms with Crippen molar-refractivity contribution in [3.8, 4) is 0 Å². The Morgan fingerprint density at radius 2 is 2.26 bits per heavy atom. The average molecular weight is 367 g/mol. The van der Waals surface area contributed by atoms with Crippen LogP contribution in [0.3, 0.4) is 0 Å². The zero-order valence-electron chi connectivity index (χ0n) is 15.1. The van der Waals surface area contributed by atoms with Crippen LogP contribution in [-0.4, -0.2) is 49.2 Å². The van der Waals surface area contributed by atoms with Crippen molar-refractivity contribution in [2.45, 2.75) is 38.4 Å². The maximum atomic E-state index is 11.6. The molecule has 8 nitrogen and oxygen atoms in total. The molecule has 0 spiro atoms. The number of carboxylic acid groups (broad SMARTS) is 1. The summed E-state index contributed by atoms with van der Waals surface area (Å²) in [6, 6.07) is 6.14. The number of rotatable bonds is 6. The summed E-state index contributed by atoms with van der Waals surface area (Å²) in [6.45, 7) is 5.01. The molecule has 1 aliphatic carbocycles. The molecule has 3 aromatic rings. The molecule has 140 valence electrons. The van der Waals surface area contributed by atoms with Crippen molar-refractivity contribution >= 4 is 17.0 Å². The second kappa shape index (κ2) is 6.96. The molecule has 4 rings (SSSR count). The van der Waals surface area contributed by atoms with Gasteiger partial charge in [-0.15, -0.1) is 6.58 Å². The van der Waals surface area contributed by atoms with E-state index in [4.69, 9.17) is 4.63 Å². The van der Waals surface area contributed by atoms with Crippen molar-refractivity contribution in [1.82, 2.24) is 25.0 Å². The summed E-state index contributed by atoms with van der Waals surface area (Å²) in [5.74, 6) is -0.971. The quantitative estimate of drug-likeness (QED) is 0.668. The first-order valence-corrected chi connectivity index (χ1v) is 8.91. The van der Waals surface area contributed by atoms with Gasteiger partial charge in [0.25, 0.3) is 0 Å². The lowest BCUT2D eigenvalue weighted by Gasteiger charge is -2.31. The number of benzene rings is 1. The summed E-state index contributed by atoms with van der Waals surface area (Å²) >= 11 is 0. The highest BCUT2D eigenvalue weighted by Crippen LogP contribution is 2.28. The van der Waals surface area contributed by atoms with Gasteiger partial charge in [0.15, 0.2) is 5.69 Å². The summed E-state index contributed by atoms with van der Waals surface area (Å²) in [5.41, 5.74) is 4.64. The second-order valence-corrected chi connectivity index (χ2v) is 6.95. The topological polar surface area (TPSA) is 97.3 Å². The first-order valence-electron chi connectivity index (χ1n) is 8.91. The van der Waals surface area contributed by atoms with E-state index in [1.807, 2.05) is 18.2 Å². The zero-order chi connectivity index (χ0) is 19.0. The van der Waals surface area contributed by atoms with Gasteiger partial charge >= 0.3 is 5.97 Å². The minimum atomic E-state index is -0.971.